The number of nitrogens with zero attached hydrogens (tertiary/aromatic N) is 1. The highest BCUT2D eigenvalue weighted by Gasteiger charge is 1.99. The van der Waals surface area contributed by atoms with Crippen LogP contribution in [0.15, 0.2) is 11.6 Å². The number of hydrogen-bond donors (Lipinski definition) is 0. The molecule has 2 heteroatoms. The van der Waals surface area contributed by atoms with Gasteiger partial charge in [-0.2, -0.15) is 5.26 Å². The van der Waals surface area contributed by atoms with Gasteiger partial charge in [0.05, 0.1) is 6.07 Å². The largest absolute Gasteiger partial charge is 0.412 e. The molecule has 0 unspecified atom stereocenters. The predicted octanol–water partition coefficient (Wildman–Crippen LogP) is 1.19. The minimum absolute atomic E-state index is 0. The van der Waals surface area contributed by atoms with Gasteiger partial charge in [-0.25, -0.2) is 0 Å². The summed E-state index contributed by atoms with van der Waals surface area (Å²) >= 11 is 0. The molecule has 1 rings (SSSR count). The maximum Gasteiger partial charge on any atom is 0.0943 e. The smallest absolute Gasteiger partial charge is 0.0943 e. The van der Waals surface area contributed by atoms with Crippen molar-refractivity contribution in [2.24, 2.45) is 0 Å². The monoisotopic (exact) mass is 125 g/mol. The van der Waals surface area contributed by atoms with E-state index < -0.39 is 0 Å². The third kappa shape index (κ3) is 2.29. The van der Waals surface area contributed by atoms with E-state index in [2.05, 4.69) is 6.07 Å². The molecule has 0 aromatic heterocycles. The molecule has 1 aliphatic rings. The van der Waals surface area contributed by atoms with Crippen LogP contribution in [0.4, 0.5) is 0 Å². The second-order valence-electron chi connectivity index (χ2n) is 2.09. The van der Waals surface area contributed by atoms with Crippen molar-refractivity contribution in [1.82, 2.24) is 0 Å². The number of hydrogen-bond acceptors (Lipinski definition) is 1. The molecular formula is C7H11NO. The van der Waals surface area contributed by atoms with Crippen molar-refractivity contribution < 1.29 is 5.48 Å². The van der Waals surface area contributed by atoms with Gasteiger partial charge in [-0.05, 0) is 25.7 Å². The lowest BCUT2D eigenvalue weighted by Gasteiger charge is -2.03. The Labute approximate surface area is 55.1 Å². The quantitative estimate of drug-likeness (QED) is 0.479. The molecule has 0 heterocycles. The van der Waals surface area contributed by atoms with E-state index in [1.165, 1.54) is 12.8 Å². The van der Waals surface area contributed by atoms with Crippen LogP contribution >= 0.6 is 0 Å². The van der Waals surface area contributed by atoms with Gasteiger partial charge in [-0.1, -0.05) is 6.08 Å². The second-order valence-corrected chi connectivity index (χ2v) is 2.09. The zero-order valence-electron chi connectivity index (χ0n) is 5.35. The Bertz CT molecular complexity index is 143. The molecule has 0 saturated carbocycles. The van der Waals surface area contributed by atoms with E-state index in [-0.39, 0.29) is 5.48 Å². The molecule has 0 radical (unpaired) electrons. The third-order valence-corrected chi connectivity index (χ3v) is 1.43. The zero-order valence-corrected chi connectivity index (χ0v) is 5.35. The fourth-order valence-corrected chi connectivity index (χ4v) is 0.940. The summed E-state index contributed by atoms with van der Waals surface area (Å²) in [5.41, 5.74) is 0.983. The van der Waals surface area contributed by atoms with Crippen molar-refractivity contribution in [2.75, 3.05) is 0 Å². The first kappa shape index (κ1) is 8.19. The van der Waals surface area contributed by atoms with E-state index in [0.29, 0.717) is 0 Å². The zero-order chi connectivity index (χ0) is 5.82. The summed E-state index contributed by atoms with van der Waals surface area (Å²) in [4.78, 5) is 0. The topological polar surface area (TPSA) is 55.3 Å². The standard InChI is InChI=1S/C7H9N.H2O/c8-6-7-4-2-1-3-5-7;/h4H,1-3,5H2;1H2. The molecule has 0 aromatic rings. The van der Waals surface area contributed by atoms with Crippen LogP contribution < -0.4 is 0 Å². The van der Waals surface area contributed by atoms with Crippen LogP contribution in [0.3, 0.4) is 0 Å². The molecule has 9 heavy (non-hydrogen) atoms. The minimum atomic E-state index is 0. The highest BCUT2D eigenvalue weighted by atomic mass is 16.0. The molecule has 0 aliphatic heterocycles. The molecule has 0 amide bonds. The Kier molecular flexibility index (Phi) is 3.74. The van der Waals surface area contributed by atoms with Gasteiger partial charge in [0.25, 0.3) is 0 Å². The van der Waals surface area contributed by atoms with Gasteiger partial charge >= 0.3 is 0 Å². The van der Waals surface area contributed by atoms with Crippen molar-refractivity contribution in [3.63, 3.8) is 0 Å². The fourth-order valence-electron chi connectivity index (χ4n) is 0.940. The first-order chi connectivity index (χ1) is 3.93. The lowest BCUT2D eigenvalue weighted by molar-refractivity contribution is 0.714. The van der Waals surface area contributed by atoms with Crippen molar-refractivity contribution in [3.05, 3.63) is 11.6 Å². The number of rotatable bonds is 0. The molecule has 0 atom stereocenters. The van der Waals surface area contributed by atoms with Crippen LogP contribution in [-0.4, -0.2) is 5.48 Å². The first-order valence-electron chi connectivity index (χ1n) is 3.02. The summed E-state index contributed by atoms with van der Waals surface area (Å²) in [6.07, 6.45) is 6.65. The van der Waals surface area contributed by atoms with Crippen molar-refractivity contribution in [3.8, 4) is 6.07 Å². The Balaban J connectivity index is 0.000000640. The van der Waals surface area contributed by atoms with Gasteiger partial charge in [0, 0.05) is 5.57 Å². The van der Waals surface area contributed by atoms with E-state index >= 15 is 0 Å². The van der Waals surface area contributed by atoms with Crippen molar-refractivity contribution in [2.45, 2.75) is 25.7 Å². The van der Waals surface area contributed by atoms with Crippen LogP contribution in [-0.2, 0) is 0 Å². The molecule has 0 saturated heterocycles. The Morgan fingerprint density at radius 3 is 2.56 bits per heavy atom. The Hall–Kier alpha value is -0.810. The highest BCUT2D eigenvalue weighted by molar-refractivity contribution is 5.21. The summed E-state index contributed by atoms with van der Waals surface area (Å²) in [6.45, 7) is 0. The third-order valence-electron chi connectivity index (χ3n) is 1.43. The van der Waals surface area contributed by atoms with Gasteiger partial charge in [0.15, 0.2) is 0 Å². The summed E-state index contributed by atoms with van der Waals surface area (Å²) in [5, 5.41) is 8.37. The lowest BCUT2D eigenvalue weighted by atomic mass is 10.0. The molecule has 0 aromatic carbocycles. The van der Waals surface area contributed by atoms with Crippen LogP contribution in [0.25, 0.3) is 0 Å². The van der Waals surface area contributed by atoms with Gasteiger partial charge in [-0.15, -0.1) is 0 Å². The Morgan fingerprint density at radius 1 is 1.44 bits per heavy atom. The van der Waals surface area contributed by atoms with Crippen molar-refractivity contribution >= 4 is 0 Å². The van der Waals surface area contributed by atoms with Gasteiger partial charge < -0.3 is 5.48 Å². The highest BCUT2D eigenvalue weighted by Crippen LogP contribution is 2.15. The van der Waals surface area contributed by atoms with Gasteiger partial charge in [-0.3, -0.25) is 0 Å². The molecule has 2 nitrogen and oxygen atoms in total. The fraction of sp³-hybridized carbons (Fsp3) is 0.571. The van der Waals surface area contributed by atoms with Crippen LogP contribution in [0.5, 0.6) is 0 Å². The lowest BCUT2D eigenvalue weighted by Crippen LogP contribution is -1.87. The summed E-state index contributed by atoms with van der Waals surface area (Å²) in [6, 6.07) is 2.16. The van der Waals surface area contributed by atoms with E-state index in [1.54, 1.807) is 0 Å². The number of nitriles is 1. The van der Waals surface area contributed by atoms with E-state index in [4.69, 9.17) is 5.26 Å². The van der Waals surface area contributed by atoms with E-state index in [9.17, 15) is 0 Å². The minimum Gasteiger partial charge on any atom is -0.412 e. The molecule has 0 fully saturated rings. The Morgan fingerprint density at radius 2 is 2.22 bits per heavy atom. The van der Waals surface area contributed by atoms with E-state index in [1.807, 2.05) is 6.08 Å². The molecule has 0 bridgehead atoms. The van der Waals surface area contributed by atoms with Crippen LogP contribution in [0.1, 0.15) is 25.7 Å². The molecular weight excluding hydrogens is 114 g/mol. The van der Waals surface area contributed by atoms with Crippen molar-refractivity contribution in [1.29, 1.82) is 5.26 Å². The van der Waals surface area contributed by atoms with Crippen LogP contribution in [0.2, 0.25) is 0 Å². The normalized spacial score (nSPS) is 17.0. The number of allylic oxidation sites excluding steroid dienone is 2. The average Bonchev–Trinajstić information content (AvgIpc) is 1.90. The maximum absolute atomic E-state index is 8.37. The molecule has 50 valence electrons. The predicted molar refractivity (Wildman–Crippen MR) is 35.8 cm³/mol. The van der Waals surface area contributed by atoms with Crippen LogP contribution in [0, 0.1) is 11.3 Å². The van der Waals surface area contributed by atoms with Gasteiger partial charge in [0.2, 0.25) is 0 Å². The molecule has 2 N–H and O–H groups in total. The summed E-state index contributed by atoms with van der Waals surface area (Å²) < 4.78 is 0. The van der Waals surface area contributed by atoms with Gasteiger partial charge in [0.1, 0.15) is 0 Å². The molecule has 0 spiro atoms. The van der Waals surface area contributed by atoms with E-state index in [0.717, 1.165) is 18.4 Å². The molecule has 1 aliphatic carbocycles. The maximum atomic E-state index is 8.37. The SMILES string of the molecule is N#CC1=CCCCC1.O. The first-order valence-corrected chi connectivity index (χ1v) is 3.02. The average molecular weight is 125 g/mol. The summed E-state index contributed by atoms with van der Waals surface area (Å²) in [7, 11) is 0. The second kappa shape index (κ2) is 4.11. The summed E-state index contributed by atoms with van der Waals surface area (Å²) in [5.74, 6) is 0.